The molecule has 0 radical (unpaired) electrons. The van der Waals surface area contributed by atoms with Gasteiger partial charge in [0, 0.05) is 20.9 Å². The van der Waals surface area contributed by atoms with Gasteiger partial charge in [-0.3, -0.25) is 0 Å². The van der Waals surface area contributed by atoms with Gasteiger partial charge in [0.2, 0.25) is 0 Å². The lowest BCUT2D eigenvalue weighted by Gasteiger charge is -2.12. The van der Waals surface area contributed by atoms with Crippen molar-refractivity contribution in [3.63, 3.8) is 0 Å². The fourth-order valence-corrected chi connectivity index (χ4v) is 2.75. The number of rotatable bonds is 3. The number of nitrogen functional groups attached to an aromatic ring is 1. The second kappa shape index (κ2) is 5.88. The lowest BCUT2D eigenvalue weighted by molar-refractivity contribution is 0.779. The van der Waals surface area contributed by atoms with E-state index in [1.807, 2.05) is 32.0 Å². The summed E-state index contributed by atoms with van der Waals surface area (Å²) in [5.74, 6) is 2.10. The normalized spacial score (nSPS) is 10.8. The first-order chi connectivity index (χ1) is 8.97. The molecule has 4 nitrogen and oxygen atoms in total. The molecular weight excluding hydrogens is 372 g/mol. The number of aromatic nitrogens is 2. The van der Waals surface area contributed by atoms with E-state index in [4.69, 9.17) is 5.73 Å². The second-order valence-electron chi connectivity index (χ2n) is 4.41. The molecule has 1 aromatic carbocycles. The first-order valence-corrected chi connectivity index (χ1v) is 7.41. The predicted molar refractivity (Wildman–Crippen MR) is 85.7 cm³/mol. The minimum atomic E-state index is 0.228. The molecule has 1 aromatic heterocycles. The summed E-state index contributed by atoms with van der Waals surface area (Å²) in [6, 6.07) is 7.59. The zero-order chi connectivity index (χ0) is 14.0. The Bertz CT molecular complexity index is 579. The number of hydrogen-bond acceptors (Lipinski definition) is 4. The maximum absolute atomic E-state index is 5.81. The number of nitrogens with two attached hydrogens (primary N) is 1. The molecule has 0 aliphatic rings. The van der Waals surface area contributed by atoms with Gasteiger partial charge < -0.3 is 11.1 Å². The number of nitrogens with one attached hydrogen (secondary N) is 1. The van der Waals surface area contributed by atoms with Crippen molar-refractivity contribution in [1.82, 2.24) is 9.97 Å². The molecule has 2 aromatic rings. The Morgan fingerprint density at radius 1 is 1.16 bits per heavy atom. The molecule has 6 heteroatoms. The van der Waals surface area contributed by atoms with Crippen LogP contribution < -0.4 is 11.1 Å². The van der Waals surface area contributed by atoms with E-state index in [0.29, 0.717) is 11.6 Å². The molecule has 0 aliphatic carbocycles. The van der Waals surface area contributed by atoms with Gasteiger partial charge in [0.15, 0.2) is 0 Å². The van der Waals surface area contributed by atoms with E-state index in [-0.39, 0.29) is 5.92 Å². The predicted octanol–water partition coefficient (Wildman–Crippen LogP) is 4.45. The van der Waals surface area contributed by atoms with Crippen molar-refractivity contribution in [2.45, 2.75) is 19.8 Å². The lowest BCUT2D eigenvalue weighted by Crippen LogP contribution is -2.05. The first-order valence-electron chi connectivity index (χ1n) is 5.83. The molecule has 2 rings (SSSR count). The molecule has 0 unspecified atom stereocenters. The Hall–Kier alpha value is -1.14. The minimum absolute atomic E-state index is 0.228. The fraction of sp³-hybridized carbons (Fsp3) is 0.231. The van der Waals surface area contributed by atoms with E-state index in [9.17, 15) is 0 Å². The Morgan fingerprint density at radius 2 is 1.79 bits per heavy atom. The average molecular weight is 386 g/mol. The number of para-hydroxylation sites is 1. The third-order valence-electron chi connectivity index (χ3n) is 2.50. The highest BCUT2D eigenvalue weighted by Gasteiger charge is 2.09. The minimum Gasteiger partial charge on any atom is -0.384 e. The standard InChI is InChI=1S/C13H14Br2N4/c1-7(2)13-17-10(16)6-11(19-13)18-12-8(14)4-3-5-9(12)15/h3-7H,1-2H3,(H3,16,17,18,19). The third kappa shape index (κ3) is 3.45. The number of hydrogen-bond donors (Lipinski definition) is 2. The van der Waals surface area contributed by atoms with Crippen LogP contribution in [0.2, 0.25) is 0 Å². The quantitative estimate of drug-likeness (QED) is 0.818. The van der Waals surface area contributed by atoms with Gasteiger partial charge in [0.05, 0.1) is 5.69 Å². The van der Waals surface area contributed by atoms with Gasteiger partial charge in [0.1, 0.15) is 17.5 Å². The summed E-state index contributed by atoms with van der Waals surface area (Å²) in [5, 5.41) is 3.25. The Labute approximate surface area is 129 Å². The van der Waals surface area contributed by atoms with Gasteiger partial charge in [-0.2, -0.15) is 0 Å². The summed E-state index contributed by atoms with van der Waals surface area (Å²) in [5.41, 5.74) is 6.72. The largest absolute Gasteiger partial charge is 0.384 e. The molecule has 100 valence electrons. The van der Waals surface area contributed by atoms with Crippen LogP contribution in [0.1, 0.15) is 25.6 Å². The van der Waals surface area contributed by atoms with E-state index in [1.165, 1.54) is 0 Å². The van der Waals surface area contributed by atoms with Crippen LogP contribution >= 0.6 is 31.9 Å². The molecule has 0 atom stereocenters. The number of benzene rings is 1. The molecule has 0 saturated carbocycles. The van der Waals surface area contributed by atoms with Crippen molar-refractivity contribution >= 4 is 49.2 Å². The number of halogens is 2. The average Bonchev–Trinajstić information content (AvgIpc) is 2.33. The van der Waals surface area contributed by atoms with Crippen molar-refractivity contribution in [3.8, 4) is 0 Å². The van der Waals surface area contributed by atoms with E-state index >= 15 is 0 Å². The molecule has 3 N–H and O–H groups in total. The van der Waals surface area contributed by atoms with Crippen molar-refractivity contribution in [2.75, 3.05) is 11.1 Å². The van der Waals surface area contributed by atoms with Crippen molar-refractivity contribution in [3.05, 3.63) is 39.0 Å². The highest BCUT2D eigenvalue weighted by atomic mass is 79.9. The van der Waals surface area contributed by atoms with Crippen molar-refractivity contribution in [2.24, 2.45) is 0 Å². The zero-order valence-corrected chi connectivity index (χ0v) is 13.8. The van der Waals surface area contributed by atoms with Crippen LogP contribution in [0.3, 0.4) is 0 Å². The summed E-state index contributed by atoms with van der Waals surface area (Å²) in [4.78, 5) is 8.69. The monoisotopic (exact) mass is 384 g/mol. The van der Waals surface area contributed by atoms with E-state index in [2.05, 4.69) is 47.1 Å². The van der Waals surface area contributed by atoms with Crippen LogP contribution in [-0.4, -0.2) is 9.97 Å². The maximum atomic E-state index is 5.81. The first kappa shape index (κ1) is 14.3. The fourth-order valence-electron chi connectivity index (χ4n) is 1.55. The Morgan fingerprint density at radius 3 is 2.37 bits per heavy atom. The Kier molecular flexibility index (Phi) is 4.42. The SMILES string of the molecule is CC(C)c1nc(N)cc(Nc2c(Br)cccc2Br)n1. The van der Waals surface area contributed by atoms with Crippen molar-refractivity contribution in [1.29, 1.82) is 0 Å². The Balaban J connectivity index is 2.38. The maximum Gasteiger partial charge on any atom is 0.136 e. The summed E-state index contributed by atoms with van der Waals surface area (Å²) in [6.07, 6.45) is 0. The van der Waals surface area contributed by atoms with Gasteiger partial charge in [-0.1, -0.05) is 19.9 Å². The van der Waals surface area contributed by atoms with Gasteiger partial charge in [0.25, 0.3) is 0 Å². The highest BCUT2D eigenvalue weighted by Crippen LogP contribution is 2.33. The molecule has 0 fully saturated rings. The molecule has 1 heterocycles. The zero-order valence-electron chi connectivity index (χ0n) is 10.6. The van der Waals surface area contributed by atoms with Crippen LogP contribution in [0.25, 0.3) is 0 Å². The van der Waals surface area contributed by atoms with E-state index < -0.39 is 0 Å². The van der Waals surface area contributed by atoms with Crippen LogP contribution in [-0.2, 0) is 0 Å². The molecule has 0 amide bonds. The van der Waals surface area contributed by atoms with Gasteiger partial charge in [-0.05, 0) is 44.0 Å². The smallest absolute Gasteiger partial charge is 0.136 e. The van der Waals surface area contributed by atoms with Crippen LogP contribution in [0.15, 0.2) is 33.2 Å². The summed E-state index contributed by atoms with van der Waals surface area (Å²) in [6.45, 7) is 4.07. The summed E-state index contributed by atoms with van der Waals surface area (Å²) in [7, 11) is 0. The molecule has 0 spiro atoms. The summed E-state index contributed by atoms with van der Waals surface area (Å²) >= 11 is 7.01. The topological polar surface area (TPSA) is 63.8 Å². The van der Waals surface area contributed by atoms with Crippen molar-refractivity contribution < 1.29 is 0 Å². The van der Waals surface area contributed by atoms with Crippen LogP contribution in [0.5, 0.6) is 0 Å². The third-order valence-corrected chi connectivity index (χ3v) is 3.82. The highest BCUT2D eigenvalue weighted by molar-refractivity contribution is 9.11. The molecule has 0 aliphatic heterocycles. The van der Waals surface area contributed by atoms with E-state index in [0.717, 1.165) is 20.5 Å². The van der Waals surface area contributed by atoms with Crippen LogP contribution in [0, 0.1) is 0 Å². The lowest BCUT2D eigenvalue weighted by atomic mass is 10.2. The van der Waals surface area contributed by atoms with E-state index in [1.54, 1.807) is 6.07 Å². The molecule has 19 heavy (non-hydrogen) atoms. The van der Waals surface area contributed by atoms with Gasteiger partial charge >= 0.3 is 0 Å². The summed E-state index contributed by atoms with van der Waals surface area (Å²) < 4.78 is 1.90. The van der Waals surface area contributed by atoms with Crippen LogP contribution in [0.4, 0.5) is 17.3 Å². The van der Waals surface area contributed by atoms with Gasteiger partial charge in [-0.15, -0.1) is 0 Å². The number of nitrogens with zero attached hydrogens (tertiary/aromatic N) is 2. The molecule has 0 bridgehead atoms. The second-order valence-corrected chi connectivity index (χ2v) is 6.12. The molecular formula is C13H14Br2N4. The molecule has 0 saturated heterocycles. The number of anilines is 3. The van der Waals surface area contributed by atoms with Gasteiger partial charge in [-0.25, -0.2) is 9.97 Å².